The van der Waals surface area contributed by atoms with Crippen LogP contribution in [0.25, 0.3) is 22.2 Å². The second-order valence-electron chi connectivity index (χ2n) is 7.71. The molecule has 0 spiro atoms. The fourth-order valence-electron chi connectivity index (χ4n) is 3.51. The lowest BCUT2D eigenvalue weighted by Gasteiger charge is -2.16. The minimum absolute atomic E-state index is 0.0966. The number of para-hydroxylation sites is 1. The molecule has 2 aromatic heterocycles. The number of nitrogens with zero attached hydrogens (tertiary/aromatic N) is 1. The molecule has 0 saturated carbocycles. The average molecular weight is 485 g/mol. The topological polar surface area (TPSA) is 84.1 Å². The maximum atomic E-state index is 13.2. The Morgan fingerprint density at radius 2 is 1.77 bits per heavy atom. The molecule has 2 N–H and O–H groups in total. The van der Waals surface area contributed by atoms with Gasteiger partial charge in [0.05, 0.1) is 11.3 Å². The van der Waals surface area contributed by atoms with Crippen molar-refractivity contribution in [1.82, 2.24) is 9.97 Å². The molecule has 0 aliphatic rings. The number of aryl methyl sites for hydroxylation is 1. The van der Waals surface area contributed by atoms with Gasteiger partial charge in [0.25, 0.3) is 11.7 Å². The first-order valence-corrected chi connectivity index (χ1v) is 10.4. The Labute approximate surface area is 196 Å². The number of aromatic amines is 1. The highest BCUT2D eigenvalue weighted by molar-refractivity contribution is 6.49. The van der Waals surface area contributed by atoms with Crippen molar-refractivity contribution in [2.24, 2.45) is 0 Å². The van der Waals surface area contributed by atoms with Crippen molar-refractivity contribution in [3.8, 4) is 17.0 Å². The summed E-state index contributed by atoms with van der Waals surface area (Å²) in [5.41, 5.74) is 2.84. The molecule has 0 aliphatic heterocycles. The second-order valence-corrected chi connectivity index (χ2v) is 7.71. The summed E-state index contributed by atoms with van der Waals surface area (Å²) < 4.78 is 55.3. The van der Waals surface area contributed by atoms with Gasteiger partial charge in [0, 0.05) is 34.0 Å². The first-order chi connectivity index (χ1) is 16.7. The quantitative estimate of drug-likeness (QED) is 0.192. The Hall–Kier alpha value is -4.21. The minimum Gasteiger partial charge on any atom is -0.487 e. The third-order valence-corrected chi connectivity index (χ3v) is 5.28. The Bertz CT molecular complexity index is 1380. The number of benzene rings is 2. The zero-order valence-electron chi connectivity index (χ0n) is 18.3. The monoisotopic (exact) mass is 485 g/mol. The lowest BCUT2D eigenvalue weighted by molar-refractivity contribution is -0.148. The Balaban J connectivity index is 1.56. The maximum Gasteiger partial charge on any atom is 0.340 e. The van der Waals surface area contributed by atoms with Gasteiger partial charge in [-0.05, 0) is 49.4 Å². The largest absolute Gasteiger partial charge is 0.487 e. The van der Waals surface area contributed by atoms with E-state index in [0.717, 1.165) is 0 Å². The number of H-pyrrole nitrogens is 1. The van der Waals surface area contributed by atoms with Gasteiger partial charge in [-0.2, -0.15) is 8.78 Å². The van der Waals surface area contributed by atoms with Crippen molar-refractivity contribution in [2.45, 2.75) is 19.3 Å². The number of anilines is 1. The molecule has 0 aliphatic carbocycles. The number of Topliss-reactive ketones (excluding diaryl/α,β-unsaturated/α-hetero) is 1. The molecule has 0 unspecified atom stereocenters. The summed E-state index contributed by atoms with van der Waals surface area (Å²) in [5.74, 6) is -6.10. The third kappa shape index (κ3) is 5.01. The predicted molar refractivity (Wildman–Crippen MR) is 122 cm³/mol. The molecule has 0 atom stereocenters. The standard InChI is InChI=1S/C25H19F4N3O3/c1-14-17(6-4-12-30-14)21-20(18-5-2-3-7-19(18)32-21)22(33)23(34)31-15-8-10-16(11-9-15)35-13-25(28,29)24(26)27/h2-12,24,32H,13H2,1H3,(H,31,34). The molecule has 2 aromatic carbocycles. The van der Waals surface area contributed by atoms with Gasteiger partial charge >= 0.3 is 12.3 Å². The molecule has 4 rings (SSSR count). The van der Waals surface area contributed by atoms with E-state index in [0.29, 0.717) is 27.9 Å². The Kier molecular flexibility index (Phi) is 6.54. The molecule has 10 heteroatoms. The number of fused-ring (bicyclic) bond motifs is 1. The van der Waals surface area contributed by atoms with Crippen LogP contribution >= 0.6 is 0 Å². The van der Waals surface area contributed by atoms with E-state index in [4.69, 9.17) is 4.74 Å². The fraction of sp³-hybridized carbons (Fsp3) is 0.160. The number of aromatic nitrogens is 2. The first kappa shape index (κ1) is 23.9. The number of ketones is 1. The summed E-state index contributed by atoms with van der Waals surface area (Å²) in [7, 11) is 0. The Morgan fingerprint density at radius 3 is 2.46 bits per heavy atom. The predicted octanol–water partition coefficient (Wildman–Crippen LogP) is 5.64. The highest BCUT2D eigenvalue weighted by atomic mass is 19.3. The average Bonchev–Trinajstić information content (AvgIpc) is 3.22. The van der Waals surface area contributed by atoms with Crippen LogP contribution in [0.3, 0.4) is 0 Å². The van der Waals surface area contributed by atoms with Crippen molar-refractivity contribution < 1.29 is 31.9 Å². The number of carbonyl (C=O) groups is 2. The number of amides is 1. The summed E-state index contributed by atoms with van der Waals surface area (Å²) in [4.78, 5) is 33.5. The summed E-state index contributed by atoms with van der Waals surface area (Å²) in [6.07, 6.45) is -2.23. The molecule has 35 heavy (non-hydrogen) atoms. The molecule has 1 amide bonds. The van der Waals surface area contributed by atoms with E-state index < -0.39 is 30.6 Å². The number of alkyl halides is 4. The normalized spacial score (nSPS) is 11.6. The number of nitrogens with one attached hydrogen (secondary N) is 2. The van der Waals surface area contributed by atoms with E-state index in [-0.39, 0.29) is 17.0 Å². The van der Waals surface area contributed by atoms with E-state index in [9.17, 15) is 27.2 Å². The second kappa shape index (κ2) is 9.57. The van der Waals surface area contributed by atoms with Crippen LogP contribution in [-0.2, 0) is 4.79 Å². The van der Waals surface area contributed by atoms with Crippen LogP contribution in [0.15, 0.2) is 66.9 Å². The summed E-state index contributed by atoms with van der Waals surface area (Å²) in [6.45, 7) is 0.294. The molecule has 0 bridgehead atoms. The van der Waals surface area contributed by atoms with Crippen LogP contribution < -0.4 is 10.1 Å². The van der Waals surface area contributed by atoms with E-state index >= 15 is 0 Å². The molecular formula is C25H19F4N3O3. The van der Waals surface area contributed by atoms with Crippen molar-refractivity contribution in [3.05, 3.63) is 78.1 Å². The molecule has 0 fully saturated rings. The van der Waals surface area contributed by atoms with Crippen LogP contribution in [0.2, 0.25) is 0 Å². The van der Waals surface area contributed by atoms with Crippen LogP contribution in [0.5, 0.6) is 5.75 Å². The molecular weight excluding hydrogens is 466 g/mol. The lowest BCUT2D eigenvalue weighted by atomic mass is 10.0. The molecule has 0 radical (unpaired) electrons. The van der Waals surface area contributed by atoms with Crippen LogP contribution in [-0.4, -0.2) is 40.6 Å². The molecule has 4 aromatic rings. The summed E-state index contributed by atoms with van der Waals surface area (Å²) >= 11 is 0. The van der Waals surface area contributed by atoms with Crippen molar-refractivity contribution in [3.63, 3.8) is 0 Å². The smallest absolute Gasteiger partial charge is 0.340 e. The van der Waals surface area contributed by atoms with Crippen molar-refractivity contribution >= 4 is 28.3 Å². The van der Waals surface area contributed by atoms with Crippen LogP contribution in [0, 0.1) is 6.92 Å². The lowest BCUT2D eigenvalue weighted by Crippen LogP contribution is -2.33. The number of pyridine rings is 1. The molecule has 6 nitrogen and oxygen atoms in total. The van der Waals surface area contributed by atoms with Gasteiger partial charge in [0.15, 0.2) is 6.61 Å². The SMILES string of the molecule is Cc1ncccc1-c1[nH]c2ccccc2c1C(=O)C(=O)Nc1ccc(OCC(F)(F)C(F)F)cc1. The number of halogens is 4. The van der Waals surface area contributed by atoms with E-state index in [1.807, 2.05) is 0 Å². The number of hydrogen-bond donors (Lipinski definition) is 2. The number of rotatable bonds is 8. The van der Waals surface area contributed by atoms with Gasteiger partial charge in [-0.3, -0.25) is 14.6 Å². The van der Waals surface area contributed by atoms with E-state index in [1.165, 1.54) is 24.3 Å². The van der Waals surface area contributed by atoms with Gasteiger partial charge in [0.1, 0.15) is 5.75 Å². The third-order valence-electron chi connectivity index (χ3n) is 5.28. The van der Waals surface area contributed by atoms with Gasteiger partial charge in [-0.15, -0.1) is 0 Å². The molecule has 180 valence electrons. The van der Waals surface area contributed by atoms with Gasteiger partial charge in [0.2, 0.25) is 0 Å². The highest BCUT2D eigenvalue weighted by Gasteiger charge is 2.41. The van der Waals surface area contributed by atoms with Gasteiger partial charge in [-0.25, -0.2) is 8.78 Å². The van der Waals surface area contributed by atoms with E-state index in [1.54, 1.807) is 49.5 Å². The van der Waals surface area contributed by atoms with Crippen molar-refractivity contribution in [2.75, 3.05) is 11.9 Å². The maximum absolute atomic E-state index is 13.2. The molecule has 2 heterocycles. The van der Waals surface area contributed by atoms with E-state index in [2.05, 4.69) is 15.3 Å². The minimum atomic E-state index is -4.29. The first-order valence-electron chi connectivity index (χ1n) is 10.4. The molecule has 0 saturated heterocycles. The number of carbonyl (C=O) groups excluding carboxylic acids is 2. The zero-order chi connectivity index (χ0) is 25.2. The van der Waals surface area contributed by atoms with Crippen LogP contribution in [0.1, 0.15) is 16.1 Å². The van der Waals surface area contributed by atoms with Gasteiger partial charge < -0.3 is 15.0 Å². The summed E-state index contributed by atoms with van der Waals surface area (Å²) in [5, 5.41) is 3.03. The number of hydrogen-bond acceptors (Lipinski definition) is 4. The van der Waals surface area contributed by atoms with Crippen LogP contribution in [0.4, 0.5) is 23.2 Å². The Morgan fingerprint density at radius 1 is 1.06 bits per heavy atom. The van der Waals surface area contributed by atoms with Gasteiger partial charge in [-0.1, -0.05) is 18.2 Å². The van der Waals surface area contributed by atoms with Crippen molar-refractivity contribution in [1.29, 1.82) is 0 Å². The number of ether oxygens (including phenoxy) is 1. The fourth-order valence-corrected chi connectivity index (χ4v) is 3.51. The summed E-state index contributed by atoms with van der Waals surface area (Å²) in [6, 6.07) is 15.6. The highest BCUT2D eigenvalue weighted by Crippen LogP contribution is 2.32. The zero-order valence-corrected chi connectivity index (χ0v) is 18.3.